The Morgan fingerprint density at radius 1 is 0.818 bits per heavy atom. The van der Waals surface area contributed by atoms with Crippen molar-refractivity contribution in [3.63, 3.8) is 0 Å². The van der Waals surface area contributed by atoms with Gasteiger partial charge >= 0.3 is 0 Å². The Balaban J connectivity index is 0.000000605. The fraction of sp³-hybridized carbons (Fsp3) is 0.200. The smallest absolute Gasteiger partial charge is 0 e. The molecule has 0 unspecified atom stereocenters. The summed E-state index contributed by atoms with van der Waals surface area (Å²) in [6.45, 7) is 0. The van der Waals surface area contributed by atoms with Gasteiger partial charge in [-0.15, -0.1) is 0 Å². The van der Waals surface area contributed by atoms with Gasteiger partial charge in [-0.05, 0) is 24.0 Å². The summed E-state index contributed by atoms with van der Waals surface area (Å²) in [6, 6.07) is 0. The summed E-state index contributed by atoms with van der Waals surface area (Å²) in [5.74, 6) is 0. The fourth-order valence-corrected chi connectivity index (χ4v) is 1.37. The quantitative estimate of drug-likeness (QED) is 0.654. The summed E-state index contributed by atoms with van der Waals surface area (Å²) < 4.78 is 0. The van der Waals surface area contributed by atoms with Gasteiger partial charge in [-0.1, -0.05) is 36.5 Å². The van der Waals surface area contributed by atoms with Crippen LogP contribution in [0, 0.1) is 0 Å². The third kappa shape index (κ3) is 1.90. The van der Waals surface area contributed by atoms with E-state index >= 15 is 0 Å². The van der Waals surface area contributed by atoms with Crippen LogP contribution in [0.4, 0.5) is 0 Å². The first-order valence-corrected chi connectivity index (χ1v) is 3.68. The molecule has 0 saturated heterocycles. The Kier molecular flexibility index (Phi) is 3.25. The van der Waals surface area contributed by atoms with Crippen LogP contribution in [0.15, 0.2) is 47.6 Å². The second-order valence-electron chi connectivity index (χ2n) is 2.65. The van der Waals surface area contributed by atoms with Crippen LogP contribution in [-0.4, -0.2) is 0 Å². The maximum atomic E-state index is 2.21. The van der Waals surface area contributed by atoms with Crippen LogP contribution in [0.1, 0.15) is 12.8 Å². The van der Waals surface area contributed by atoms with Crippen molar-refractivity contribution in [3.05, 3.63) is 47.6 Å². The van der Waals surface area contributed by atoms with E-state index < -0.39 is 0 Å². The van der Waals surface area contributed by atoms with Crippen molar-refractivity contribution in [1.29, 1.82) is 0 Å². The van der Waals surface area contributed by atoms with Crippen molar-refractivity contribution >= 4 is 0 Å². The van der Waals surface area contributed by atoms with Gasteiger partial charge in [-0.25, -0.2) is 0 Å². The van der Waals surface area contributed by atoms with Crippen LogP contribution in [0.25, 0.3) is 0 Å². The standard InChI is InChI=1S/C10H10.Hf/c1-2-6-9(5-1)10-7-3-4-8-10;/h1-5,7H,6,8H2;. The number of hydrogen-bond donors (Lipinski definition) is 0. The van der Waals surface area contributed by atoms with Crippen LogP contribution >= 0.6 is 0 Å². The molecule has 0 aromatic carbocycles. The molecular formula is C10H10Hf. The largest absolute Gasteiger partial charge is 0.0801 e. The van der Waals surface area contributed by atoms with E-state index in [-0.39, 0.29) is 25.8 Å². The van der Waals surface area contributed by atoms with E-state index in [2.05, 4.69) is 36.5 Å². The summed E-state index contributed by atoms with van der Waals surface area (Å²) in [5, 5.41) is 0. The van der Waals surface area contributed by atoms with Gasteiger partial charge in [0.25, 0.3) is 0 Å². The first kappa shape index (κ1) is 8.92. The average Bonchev–Trinajstić information content (AvgIpc) is 2.59. The Morgan fingerprint density at radius 3 is 1.55 bits per heavy atom. The molecule has 0 spiro atoms. The van der Waals surface area contributed by atoms with Crippen molar-refractivity contribution < 1.29 is 25.8 Å². The molecule has 0 fully saturated rings. The predicted octanol–water partition coefficient (Wildman–Crippen LogP) is 2.76. The van der Waals surface area contributed by atoms with E-state index in [4.69, 9.17) is 0 Å². The Labute approximate surface area is 86.2 Å². The van der Waals surface area contributed by atoms with E-state index in [9.17, 15) is 0 Å². The first-order chi connectivity index (χ1) is 4.97. The SMILES string of the molecule is C1=CCC(C2=CC=CC2)=C1.[Hf]. The van der Waals surface area contributed by atoms with Crippen LogP contribution in [0.2, 0.25) is 0 Å². The van der Waals surface area contributed by atoms with Gasteiger partial charge in [0.1, 0.15) is 0 Å². The summed E-state index contributed by atoms with van der Waals surface area (Å²) >= 11 is 0. The van der Waals surface area contributed by atoms with Crippen molar-refractivity contribution in [2.75, 3.05) is 0 Å². The van der Waals surface area contributed by atoms with Gasteiger partial charge in [-0.2, -0.15) is 0 Å². The van der Waals surface area contributed by atoms with Crippen LogP contribution in [0.5, 0.6) is 0 Å². The first-order valence-electron chi connectivity index (χ1n) is 3.68. The molecule has 54 valence electrons. The number of rotatable bonds is 1. The molecule has 0 atom stereocenters. The number of allylic oxidation sites excluding steroid dienone is 8. The van der Waals surface area contributed by atoms with Gasteiger partial charge in [0.15, 0.2) is 0 Å². The zero-order valence-electron chi connectivity index (χ0n) is 6.38. The molecule has 0 nitrogen and oxygen atoms in total. The zero-order chi connectivity index (χ0) is 6.81. The second kappa shape index (κ2) is 4.01. The van der Waals surface area contributed by atoms with E-state index in [1.54, 1.807) is 0 Å². The molecule has 11 heavy (non-hydrogen) atoms. The molecule has 0 N–H and O–H groups in total. The molecule has 2 aliphatic rings. The molecule has 0 bridgehead atoms. The predicted molar refractivity (Wildman–Crippen MR) is 43.7 cm³/mol. The molecule has 1 heteroatoms. The number of hydrogen-bond acceptors (Lipinski definition) is 0. The van der Waals surface area contributed by atoms with Crippen molar-refractivity contribution in [2.45, 2.75) is 12.8 Å². The molecular weight excluding hydrogens is 299 g/mol. The van der Waals surface area contributed by atoms with Crippen molar-refractivity contribution in [2.24, 2.45) is 0 Å². The minimum atomic E-state index is 0. The molecule has 0 aromatic heterocycles. The minimum absolute atomic E-state index is 0. The van der Waals surface area contributed by atoms with Gasteiger partial charge in [0.2, 0.25) is 0 Å². The third-order valence-corrected chi connectivity index (χ3v) is 1.95. The molecule has 2 aliphatic carbocycles. The van der Waals surface area contributed by atoms with E-state index in [1.165, 1.54) is 11.1 Å². The third-order valence-electron chi connectivity index (χ3n) is 1.95. The molecule has 2 rings (SSSR count). The Bertz CT molecular complexity index is 226. The topological polar surface area (TPSA) is 0 Å². The van der Waals surface area contributed by atoms with E-state index in [0.29, 0.717) is 0 Å². The summed E-state index contributed by atoms with van der Waals surface area (Å²) in [5.41, 5.74) is 2.98. The van der Waals surface area contributed by atoms with Crippen LogP contribution < -0.4 is 0 Å². The average molecular weight is 309 g/mol. The summed E-state index contributed by atoms with van der Waals surface area (Å²) in [4.78, 5) is 0. The van der Waals surface area contributed by atoms with Gasteiger partial charge in [0, 0.05) is 25.8 Å². The summed E-state index contributed by atoms with van der Waals surface area (Å²) in [7, 11) is 0. The summed E-state index contributed by atoms with van der Waals surface area (Å²) in [6.07, 6.45) is 15.4. The maximum Gasteiger partial charge on any atom is 0 e. The molecule has 0 radical (unpaired) electrons. The van der Waals surface area contributed by atoms with Crippen LogP contribution in [-0.2, 0) is 25.8 Å². The molecule has 0 heterocycles. The van der Waals surface area contributed by atoms with Gasteiger partial charge < -0.3 is 0 Å². The van der Waals surface area contributed by atoms with Crippen molar-refractivity contribution in [3.8, 4) is 0 Å². The fourth-order valence-electron chi connectivity index (χ4n) is 1.37. The Hall–Kier alpha value is -0.170. The molecule has 0 aromatic rings. The maximum absolute atomic E-state index is 2.21. The monoisotopic (exact) mass is 310 g/mol. The molecule has 0 amide bonds. The molecule has 0 aliphatic heterocycles. The zero-order valence-corrected chi connectivity index (χ0v) is 9.97. The normalized spacial score (nSPS) is 19.6. The van der Waals surface area contributed by atoms with Crippen molar-refractivity contribution in [1.82, 2.24) is 0 Å². The minimum Gasteiger partial charge on any atom is -0.0801 e. The Morgan fingerprint density at radius 2 is 1.27 bits per heavy atom. The van der Waals surface area contributed by atoms with Gasteiger partial charge in [0.05, 0.1) is 0 Å². The van der Waals surface area contributed by atoms with Gasteiger partial charge in [-0.3, -0.25) is 0 Å². The van der Waals surface area contributed by atoms with E-state index in [1.807, 2.05) is 0 Å². The van der Waals surface area contributed by atoms with Crippen LogP contribution in [0.3, 0.4) is 0 Å². The van der Waals surface area contributed by atoms with E-state index in [0.717, 1.165) is 12.8 Å². The molecule has 0 saturated carbocycles. The second-order valence-corrected chi connectivity index (χ2v) is 2.65.